The van der Waals surface area contributed by atoms with Gasteiger partial charge >= 0.3 is 5.97 Å². The number of aromatic nitrogens is 1. The number of thiazole rings is 1. The number of carboxylic acid groups (broad SMARTS) is 1. The average molecular weight is 348 g/mol. The fraction of sp³-hybridized carbons (Fsp3) is 0.353. The molecule has 1 aliphatic rings. The number of carboxylic acids is 1. The molecule has 1 aromatic heterocycles. The number of halogens is 1. The van der Waals surface area contributed by atoms with Gasteiger partial charge in [0.25, 0.3) is 5.91 Å². The Kier molecular flexibility index (Phi) is 4.89. The zero-order valence-electron chi connectivity index (χ0n) is 12.9. The summed E-state index contributed by atoms with van der Waals surface area (Å²) in [7, 11) is 0. The molecule has 2 heterocycles. The maximum absolute atomic E-state index is 13.8. The lowest BCUT2D eigenvalue weighted by molar-refractivity contribution is -0.138. The van der Waals surface area contributed by atoms with Crippen LogP contribution in [0.2, 0.25) is 0 Å². The third kappa shape index (κ3) is 3.62. The van der Waals surface area contributed by atoms with Crippen LogP contribution in [0.15, 0.2) is 30.5 Å². The molecular formula is C17H17FN2O3S. The molecule has 5 nitrogen and oxygen atoms in total. The van der Waals surface area contributed by atoms with E-state index in [0.717, 1.165) is 0 Å². The molecule has 126 valence electrons. The second-order valence-corrected chi connectivity index (χ2v) is 6.87. The first kappa shape index (κ1) is 16.6. The van der Waals surface area contributed by atoms with Crippen LogP contribution < -0.4 is 0 Å². The lowest BCUT2D eigenvalue weighted by atomic mass is 9.93. The Morgan fingerprint density at radius 1 is 1.29 bits per heavy atom. The Morgan fingerprint density at radius 3 is 2.67 bits per heavy atom. The van der Waals surface area contributed by atoms with E-state index in [1.165, 1.54) is 23.6 Å². The van der Waals surface area contributed by atoms with Gasteiger partial charge in [0.05, 0.1) is 6.20 Å². The highest BCUT2D eigenvalue weighted by Gasteiger charge is 2.26. The molecule has 2 aromatic rings. The zero-order chi connectivity index (χ0) is 17.1. The van der Waals surface area contributed by atoms with E-state index in [2.05, 4.69) is 4.98 Å². The summed E-state index contributed by atoms with van der Waals surface area (Å²) < 4.78 is 13.8. The Morgan fingerprint density at radius 2 is 2.00 bits per heavy atom. The first-order valence-electron chi connectivity index (χ1n) is 7.76. The number of benzene rings is 1. The van der Waals surface area contributed by atoms with E-state index in [4.69, 9.17) is 5.11 Å². The predicted octanol–water partition coefficient (Wildman–Crippen LogP) is 3.28. The topological polar surface area (TPSA) is 70.5 Å². The third-order valence-corrected chi connectivity index (χ3v) is 5.20. The summed E-state index contributed by atoms with van der Waals surface area (Å²) in [6.07, 6.45) is 3.02. The van der Waals surface area contributed by atoms with Gasteiger partial charge in [-0.1, -0.05) is 12.1 Å². The van der Waals surface area contributed by atoms with E-state index in [1.807, 2.05) is 0 Å². The predicted molar refractivity (Wildman–Crippen MR) is 88.4 cm³/mol. The lowest BCUT2D eigenvalue weighted by Gasteiger charge is -2.30. The average Bonchev–Trinajstić information content (AvgIpc) is 3.04. The van der Waals surface area contributed by atoms with Crippen molar-refractivity contribution in [2.45, 2.75) is 19.3 Å². The largest absolute Gasteiger partial charge is 0.481 e. The van der Waals surface area contributed by atoms with Gasteiger partial charge in [0.2, 0.25) is 0 Å². The number of likely N-dealkylation sites (tertiary alicyclic amines) is 1. The minimum Gasteiger partial charge on any atom is -0.481 e. The summed E-state index contributed by atoms with van der Waals surface area (Å²) in [5.41, 5.74) is 0.390. The quantitative estimate of drug-likeness (QED) is 0.920. The van der Waals surface area contributed by atoms with E-state index in [0.29, 0.717) is 41.4 Å². The molecule has 1 fully saturated rings. The van der Waals surface area contributed by atoms with Crippen LogP contribution in [0, 0.1) is 11.7 Å². The first-order chi connectivity index (χ1) is 11.5. The third-order valence-electron chi connectivity index (χ3n) is 4.19. The van der Waals surface area contributed by atoms with Crippen LogP contribution in [0.1, 0.15) is 28.9 Å². The number of carbonyl (C=O) groups is 2. The molecule has 1 aromatic carbocycles. The molecule has 0 bridgehead atoms. The maximum atomic E-state index is 13.8. The summed E-state index contributed by atoms with van der Waals surface area (Å²) >= 11 is 1.18. The van der Waals surface area contributed by atoms with Crippen molar-refractivity contribution in [2.24, 2.45) is 5.92 Å². The van der Waals surface area contributed by atoms with E-state index >= 15 is 0 Å². The number of hydrogen-bond acceptors (Lipinski definition) is 4. The minimum atomic E-state index is -0.795. The highest BCUT2D eigenvalue weighted by atomic mass is 32.1. The molecule has 1 N–H and O–H groups in total. The number of hydrogen-bond donors (Lipinski definition) is 1. The summed E-state index contributed by atoms with van der Waals surface area (Å²) in [4.78, 5) is 29.7. The molecule has 24 heavy (non-hydrogen) atoms. The minimum absolute atomic E-state index is 0.121. The maximum Gasteiger partial charge on any atom is 0.303 e. The number of piperidine rings is 1. The molecule has 1 amide bonds. The van der Waals surface area contributed by atoms with Crippen molar-refractivity contribution in [3.05, 3.63) is 41.2 Å². The Labute approximate surface area is 142 Å². The molecule has 0 aliphatic carbocycles. The molecule has 3 rings (SSSR count). The van der Waals surface area contributed by atoms with Crippen molar-refractivity contribution in [1.82, 2.24) is 9.88 Å². The van der Waals surface area contributed by atoms with E-state index in [-0.39, 0.29) is 24.1 Å². The Bertz CT molecular complexity index is 754. The number of carbonyl (C=O) groups excluding carboxylic acids is 1. The van der Waals surface area contributed by atoms with Crippen LogP contribution >= 0.6 is 11.3 Å². The van der Waals surface area contributed by atoms with Gasteiger partial charge in [0, 0.05) is 25.1 Å². The van der Waals surface area contributed by atoms with Crippen molar-refractivity contribution >= 4 is 23.2 Å². The standard InChI is InChI=1S/C17H17FN2O3S/c18-13-4-2-1-3-12(13)16-19-10-14(24-16)17(23)20-7-5-11(6-8-20)9-15(21)22/h1-4,10-11H,5-9H2,(H,21,22). The van der Waals surface area contributed by atoms with E-state index in [9.17, 15) is 14.0 Å². The van der Waals surface area contributed by atoms with Crippen LogP contribution in [0.25, 0.3) is 10.6 Å². The van der Waals surface area contributed by atoms with Gasteiger partial charge in [-0.2, -0.15) is 0 Å². The van der Waals surface area contributed by atoms with Gasteiger partial charge in [-0.25, -0.2) is 9.37 Å². The summed E-state index contributed by atoms with van der Waals surface area (Å²) in [6, 6.07) is 6.35. The smallest absolute Gasteiger partial charge is 0.303 e. The number of rotatable bonds is 4. The fourth-order valence-corrected chi connectivity index (χ4v) is 3.79. The highest BCUT2D eigenvalue weighted by molar-refractivity contribution is 7.16. The fourth-order valence-electron chi connectivity index (χ4n) is 2.88. The van der Waals surface area contributed by atoms with E-state index in [1.54, 1.807) is 23.1 Å². The van der Waals surface area contributed by atoms with Crippen LogP contribution in [0.4, 0.5) is 4.39 Å². The number of aliphatic carboxylic acids is 1. The second kappa shape index (κ2) is 7.09. The normalized spacial score (nSPS) is 15.5. The monoisotopic (exact) mass is 348 g/mol. The molecule has 7 heteroatoms. The van der Waals surface area contributed by atoms with Crippen molar-refractivity contribution in [2.75, 3.05) is 13.1 Å². The van der Waals surface area contributed by atoms with E-state index < -0.39 is 5.97 Å². The Balaban J connectivity index is 1.67. The molecule has 0 spiro atoms. The van der Waals surface area contributed by atoms with Gasteiger partial charge in [-0.05, 0) is 30.9 Å². The van der Waals surface area contributed by atoms with Gasteiger partial charge in [0.1, 0.15) is 15.7 Å². The SMILES string of the molecule is O=C(O)CC1CCN(C(=O)c2cnc(-c3ccccc3F)s2)CC1. The van der Waals surface area contributed by atoms with Crippen molar-refractivity contribution in [3.63, 3.8) is 0 Å². The molecule has 0 saturated carbocycles. The van der Waals surface area contributed by atoms with Crippen LogP contribution in [-0.2, 0) is 4.79 Å². The Hall–Kier alpha value is -2.28. The molecule has 1 aliphatic heterocycles. The van der Waals surface area contributed by atoms with Crippen molar-refractivity contribution < 1.29 is 19.1 Å². The zero-order valence-corrected chi connectivity index (χ0v) is 13.8. The molecular weight excluding hydrogens is 331 g/mol. The molecule has 0 radical (unpaired) electrons. The van der Waals surface area contributed by atoms with Crippen molar-refractivity contribution in [1.29, 1.82) is 0 Å². The first-order valence-corrected chi connectivity index (χ1v) is 8.58. The van der Waals surface area contributed by atoms with Gasteiger partial charge < -0.3 is 10.0 Å². The van der Waals surface area contributed by atoms with Gasteiger partial charge in [0.15, 0.2) is 0 Å². The number of amides is 1. The molecule has 0 atom stereocenters. The van der Waals surface area contributed by atoms with Crippen LogP contribution in [-0.4, -0.2) is 40.0 Å². The van der Waals surface area contributed by atoms with Gasteiger partial charge in [-0.3, -0.25) is 9.59 Å². The van der Waals surface area contributed by atoms with Crippen LogP contribution in [0.5, 0.6) is 0 Å². The lowest BCUT2D eigenvalue weighted by Crippen LogP contribution is -2.38. The summed E-state index contributed by atoms with van der Waals surface area (Å²) in [5.74, 6) is -1.15. The van der Waals surface area contributed by atoms with Gasteiger partial charge in [-0.15, -0.1) is 11.3 Å². The highest BCUT2D eigenvalue weighted by Crippen LogP contribution is 2.29. The summed E-state index contributed by atoms with van der Waals surface area (Å²) in [6.45, 7) is 1.09. The van der Waals surface area contributed by atoms with Crippen LogP contribution in [0.3, 0.4) is 0 Å². The summed E-state index contributed by atoms with van der Waals surface area (Å²) in [5, 5.41) is 9.32. The second-order valence-electron chi connectivity index (χ2n) is 5.84. The number of nitrogens with zero attached hydrogens (tertiary/aromatic N) is 2. The molecule has 0 unspecified atom stereocenters. The van der Waals surface area contributed by atoms with Crippen molar-refractivity contribution in [3.8, 4) is 10.6 Å². The molecule has 1 saturated heterocycles.